The molecule has 0 saturated heterocycles. The molecule has 5 aliphatic rings. The van der Waals surface area contributed by atoms with Crippen LogP contribution in [0.2, 0.25) is 0 Å². The number of hydrogen-bond donors (Lipinski definition) is 0. The van der Waals surface area contributed by atoms with E-state index in [4.69, 9.17) is 9.47 Å². The summed E-state index contributed by atoms with van der Waals surface area (Å²) < 4.78 is 13.9. The highest BCUT2D eigenvalue weighted by atomic mass is 16.6. The molecule has 0 saturated carbocycles. The summed E-state index contributed by atoms with van der Waals surface area (Å²) in [4.78, 5) is 5.34. The Morgan fingerprint density at radius 1 is 0.479 bits per heavy atom. The SMILES string of the molecule is Cc1cc2c(cc1N1c3cc4c(cc3B3c5c(cc6ccccc6c51)-c1cc5c(cc1N3c1ccc(C(C)(C)C)cc1-c1ccccc1)-c1ccccc1C5(C)C)Oc1ccccc1O4)C(C)(C)CCC2(C)C. The third-order valence-corrected chi connectivity index (χ3v) is 17.6. The van der Waals surface area contributed by atoms with Crippen LogP contribution in [0.5, 0.6) is 23.0 Å². The maximum absolute atomic E-state index is 6.95. The molecule has 73 heavy (non-hydrogen) atoms. The number of anilines is 5. The van der Waals surface area contributed by atoms with Crippen LogP contribution in [-0.4, -0.2) is 6.85 Å². The van der Waals surface area contributed by atoms with Gasteiger partial charge in [0.05, 0.1) is 5.69 Å². The van der Waals surface area contributed by atoms with Gasteiger partial charge in [-0.05, 0) is 163 Å². The van der Waals surface area contributed by atoms with Crippen LogP contribution in [0.3, 0.4) is 0 Å². The van der Waals surface area contributed by atoms with Crippen LogP contribution in [0.1, 0.15) is 109 Å². The highest BCUT2D eigenvalue weighted by Gasteiger charge is 2.49. The van der Waals surface area contributed by atoms with Gasteiger partial charge in [-0.2, -0.15) is 0 Å². The number of ether oxygens (including phenoxy) is 2. The maximum atomic E-state index is 6.95. The molecule has 0 fully saturated rings. The first-order valence-electron chi connectivity index (χ1n) is 26.4. The summed E-state index contributed by atoms with van der Waals surface area (Å²) in [6.07, 6.45) is 2.29. The molecule has 0 radical (unpaired) electrons. The Kier molecular flexibility index (Phi) is 9.11. The van der Waals surface area contributed by atoms with Crippen LogP contribution in [0.25, 0.3) is 44.2 Å². The van der Waals surface area contributed by atoms with E-state index < -0.39 is 0 Å². The topological polar surface area (TPSA) is 24.9 Å². The standard InChI is InChI=1S/C68H61BN2O2/c1-40-32-52-53(67(7,8)31-30-66(52,5)6)37-56(40)70-58-39-62-61(72-59-26-18-19-27-60(59)73-62)38-54(58)69-63-49(33-42-22-14-15-23-44(42)64(63)70)48-35-51-47(45-24-16-17-25-50(45)68(51,9)10)36-57(48)71(69)55-29-28-43(65(2,3)4)34-46(55)41-20-12-11-13-21-41/h11-29,32-39H,30-31H2,1-10H3. The molecule has 2 aliphatic carbocycles. The van der Waals surface area contributed by atoms with Gasteiger partial charge in [0.15, 0.2) is 23.0 Å². The fourth-order valence-electron chi connectivity index (χ4n) is 13.4. The number of rotatable bonds is 3. The second kappa shape index (κ2) is 15.0. The third kappa shape index (κ3) is 6.33. The number of hydrogen-bond acceptors (Lipinski definition) is 4. The summed E-state index contributed by atoms with van der Waals surface area (Å²) in [7, 11) is 0. The second-order valence-electron chi connectivity index (χ2n) is 24.4. The van der Waals surface area contributed by atoms with E-state index in [1.165, 1.54) is 100 Å². The summed E-state index contributed by atoms with van der Waals surface area (Å²) in [5.41, 5.74) is 23.8. The van der Waals surface area contributed by atoms with Crippen LogP contribution in [-0.2, 0) is 21.7 Å². The zero-order chi connectivity index (χ0) is 50.1. The van der Waals surface area contributed by atoms with Crippen molar-refractivity contribution in [3.63, 3.8) is 0 Å². The monoisotopic (exact) mass is 948 g/mol. The average Bonchev–Trinajstić information content (AvgIpc) is 3.61. The molecular weight excluding hydrogens is 888 g/mol. The van der Waals surface area contributed by atoms with E-state index in [9.17, 15) is 0 Å². The zero-order valence-corrected chi connectivity index (χ0v) is 43.8. The number of benzene rings is 9. The summed E-state index contributed by atoms with van der Waals surface area (Å²) >= 11 is 0. The Bertz CT molecular complexity index is 3860. The molecule has 0 atom stereocenters. The van der Waals surface area contributed by atoms with Crippen molar-refractivity contribution in [3.05, 3.63) is 197 Å². The van der Waals surface area contributed by atoms with Crippen molar-refractivity contribution in [2.24, 2.45) is 0 Å². The molecule has 3 aliphatic heterocycles. The molecule has 0 aromatic heterocycles. The summed E-state index contributed by atoms with van der Waals surface area (Å²) in [6.45, 7) is 23.6. The highest BCUT2D eigenvalue weighted by molar-refractivity contribution is 6.94. The molecule has 14 rings (SSSR count). The van der Waals surface area contributed by atoms with Gasteiger partial charge in [0.1, 0.15) is 0 Å². The largest absolute Gasteiger partial charge is 0.450 e. The number of fused-ring (bicyclic) bond motifs is 12. The van der Waals surface area contributed by atoms with E-state index in [0.717, 1.165) is 46.9 Å². The number of nitrogens with zero attached hydrogens (tertiary/aromatic N) is 2. The Hall–Kier alpha value is -7.50. The van der Waals surface area contributed by atoms with Gasteiger partial charge in [-0.1, -0.05) is 165 Å². The fourth-order valence-corrected chi connectivity index (χ4v) is 13.4. The van der Waals surface area contributed by atoms with E-state index in [-0.39, 0.29) is 28.5 Å². The molecule has 0 spiro atoms. The van der Waals surface area contributed by atoms with E-state index in [1.54, 1.807) is 0 Å². The van der Waals surface area contributed by atoms with Gasteiger partial charge in [-0.3, -0.25) is 0 Å². The highest BCUT2D eigenvalue weighted by Crippen LogP contribution is 2.58. The lowest BCUT2D eigenvalue weighted by molar-refractivity contribution is 0.332. The molecule has 0 amide bonds. The van der Waals surface area contributed by atoms with E-state index >= 15 is 0 Å². The van der Waals surface area contributed by atoms with Gasteiger partial charge in [0.25, 0.3) is 0 Å². The lowest BCUT2D eigenvalue weighted by Gasteiger charge is -2.48. The average molecular weight is 949 g/mol. The van der Waals surface area contributed by atoms with Crippen LogP contribution in [0, 0.1) is 6.92 Å². The molecule has 4 nitrogen and oxygen atoms in total. The Labute approximate surface area is 431 Å². The Balaban J connectivity index is 1.15. The van der Waals surface area contributed by atoms with Crippen molar-refractivity contribution < 1.29 is 9.47 Å². The van der Waals surface area contributed by atoms with Gasteiger partial charge in [-0.25, -0.2) is 0 Å². The normalized spacial score (nSPS) is 16.7. The second-order valence-corrected chi connectivity index (χ2v) is 24.4. The summed E-state index contributed by atoms with van der Waals surface area (Å²) in [5, 5.41) is 2.44. The van der Waals surface area contributed by atoms with Crippen LogP contribution >= 0.6 is 0 Å². The third-order valence-electron chi connectivity index (χ3n) is 17.6. The van der Waals surface area contributed by atoms with E-state index in [0.29, 0.717) is 5.75 Å². The molecule has 0 unspecified atom stereocenters. The number of para-hydroxylation sites is 2. The lowest BCUT2D eigenvalue weighted by Crippen LogP contribution is -2.61. The molecule has 5 heteroatoms. The molecule has 0 N–H and O–H groups in total. The van der Waals surface area contributed by atoms with Gasteiger partial charge in [0, 0.05) is 50.7 Å². The van der Waals surface area contributed by atoms with Crippen molar-refractivity contribution in [1.29, 1.82) is 0 Å². The van der Waals surface area contributed by atoms with Gasteiger partial charge in [0.2, 0.25) is 0 Å². The first-order chi connectivity index (χ1) is 35.0. The van der Waals surface area contributed by atoms with Crippen molar-refractivity contribution in [1.82, 2.24) is 0 Å². The summed E-state index contributed by atoms with van der Waals surface area (Å²) in [5.74, 6) is 2.87. The van der Waals surface area contributed by atoms with Crippen LogP contribution in [0.15, 0.2) is 164 Å². The Morgan fingerprint density at radius 2 is 1.14 bits per heavy atom. The molecule has 9 aromatic rings. The van der Waals surface area contributed by atoms with Gasteiger partial charge >= 0.3 is 6.85 Å². The minimum absolute atomic E-state index is 0.00327. The van der Waals surface area contributed by atoms with E-state index in [2.05, 4.69) is 218 Å². The molecule has 0 bridgehead atoms. The molecule has 3 heterocycles. The first kappa shape index (κ1) is 44.2. The Morgan fingerprint density at radius 3 is 1.88 bits per heavy atom. The minimum atomic E-state index is -0.279. The number of aryl methyl sites for hydroxylation is 1. The predicted molar refractivity (Wildman–Crippen MR) is 306 cm³/mol. The smallest absolute Gasteiger partial charge is 0.333 e. The minimum Gasteiger partial charge on any atom is -0.450 e. The van der Waals surface area contributed by atoms with E-state index in [1.807, 2.05) is 24.3 Å². The lowest BCUT2D eigenvalue weighted by atomic mass is 9.43. The predicted octanol–water partition coefficient (Wildman–Crippen LogP) is 17.4. The van der Waals surface area contributed by atoms with Gasteiger partial charge in [-0.15, -0.1) is 0 Å². The molecule has 9 aromatic carbocycles. The fraction of sp³-hybridized carbons (Fsp3) is 0.235. The van der Waals surface area contributed by atoms with Crippen molar-refractivity contribution >= 4 is 57.0 Å². The van der Waals surface area contributed by atoms with Crippen LogP contribution < -0.4 is 30.1 Å². The quantitative estimate of drug-likeness (QED) is 0.165. The van der Waals surface area contributed by atoms with Crippen LogP contribution in [0.4, 0.5) is 28.4 Å². The zero-order valence-electron chi connectivity index (χ0n) is 43.8. The van der Waals surface area contributed by atoms with Gasteiger partial charge < -0.3 is 19.2 Å². The first-order valence-corrected chi connectivity index (χ1v) is 26.4. The summed E-state index contributed by atoms with van der Waals surface area (Å²) in [6, 6.07) is 61.8. The van der Waals surface area contributed by atoms with Crippen molar-refractivity contribution in [2.45, 2.75) is 104 Å². The molecular formula is C68H61BN2O2. The maximum Gasteiger partial charge on any atom is 0.333 e. The van der Waals surface area contributed by atoms with Crippen molar-refractivity contribution in [2.75, 3.05) is 9.71 Å². The molecule has 358 valence electrons. The van der Waals surface area contributed by atoms with Crippen molar-refractivity contribution in [3.8, 4) is 56.4 Å².